The Bertz CT molecular complexity index is 1390. The summed E-state index contributed by atoms with van der Waals surface area (Å²) in [5, 5.41) is 33.3. The second kappa shape index (κ2) is 15.1. The zero-order chi connectivity index (χ0) is 31.7. The van der Waals surface area contributed by atoms with Crippen molar-refractivity contribution in [3.05, 3.63) is 77.4 Å². The Morgan fingerprint density at radius 1 is 0.864 bits per heavy atom. The highest BCUT2D eigenvalue weighted by Crippen LogP contribution is 2.48. The molecule has 0 saturated heterocycles. The van der Waals surface area contributed by atoms with Crippen molar-refractivity contribution < 1.29 is 39.1 Å². The molecule has 0 saturated carbocycles. The lowest BCUT2D eigenvalue weighted by Crippen LogP contribution is -2.54. The number of carboxylic acids is 2. The Kier molecular flexibility index (Phi) is 11.3. The van der Waals surface area contributed by atoms with Crippen LogP contribution in [0.4, 0.5) is 0 Å². The quantitative estimate of drug-likeness (QED) is 0.144. The minimum atomic E-state index is -2.86. The summed E-state index contributed by atoms with van der Waals surface area (Å²) in [6.45, 7) is 6.71. The van der Waals surface area contributed by atoms with Crippen LogP contribution in [0.3, 0.4) is 0 Å². The number of aliphatic hydroxyl groups excluding tert-OH is 1. The molecule has 0 spiro atoms. The second-order valence-corrected chi connectivity index (χ2v) is 11.4. The van der Waals surface area contributed by atoms with Crippen LogP contribution >= 0.6 is 0 Å². The zero-order valence-electron chi connectivity index (χ0n) is 25.7. The molecule has 0 radical (unpaired) electrons. The molecule has 44 heavy (non-hydrogen) atoms. The molecule has 3 aromatic carbocycles. The molecule has 9 heteroatoms. The summed E-state index contributed by atoms with van der Waals surface area (Å²) in [6.07, 6.45) is 6.16. The van der Waals surface area contributed by atoms with Crippen LogP contribution in [-0.4, -0.2) is 58.3 Å². The molecule has 4 N–H and O–H groups in total. The Hall–Kier alpha value is -4.08. The largest absolute Gasteiger partial charge is 0.491 e. The van der Waals surface area contributed by atoms with Crippen LogP contribution in [0.1, 0.15) is 63.1 Å². The average molecular weight is 606 g/mol. The van der Waals surface area contributed by atoms with Crippen molar-refractivity contribution in [2.75, 3.05) is 13.2 Å². The van der Waals surface area contributed by atoms with Gasteiger partial charge in [0, 0.05) is 18.2 Å². The molecule has 3 aromatic rings. The van der Waals surface area contributed by atoms with E-state index in [-0.39, 0.29) is 24.1 Å². The molecule has 0 aliphatic carbocycles. The fourth-order valence-corrected chi connectivity index (χ4v) is 5.20. The van der Waals surface area contributed by atoms with Gasteiger partial charge in [0.15, 0.2) is 11.5 Å². The molecule has 1 heterocycles. The van der Waals surface area contributed by atoms with Crippen LogP contribution in [0.5, 0.6) is 17.2 Å². The van der Waals surface area contributed by atoms with E-state index in [2.05, 4.69) is 31.3 Å². The van der Waals surface area contributed by atoms with Gasteiger partial charge < -0.3 is 34.8 Å². The van der Waals surface area contributed by atoms with E-state index in [4.69, 9.17) is 14.2 Å². The van der Waals surface area contributed by atoms with Crippen molar-refractivity contribution in [1.82, 2.24) is 5.32 Å². The number of nitrogens with one attached hydrogen (secondary N) is 1. The van der Waals surface area contributed by atoms with Gasteiger partial charge in [-0.15, -0.1) is 0 Å². The maximum atomic E-state index is 12.0. The first-order valence-corrected chi connectivity index (χ1v) is 15.4. The molecule has 1 aliphatic heterocycles. The number of benzene rings is 3. The van der Waals surface area contributed by atoms with Crippen LogP contribution in [-0.2, 0) is 28.9 Å². The Morgan fingerprint density at radius 3 is 2.02 bits per heavy atom. The van der Waals surface area contributed by atoms with Gasteiger partial charge in [-0.05, 0) is 79.5 Å². The molecule has 2 atom stereocenters. The van der Waals surface area contributed by atoms with Gasteiger partial charge >= 0.3 is 17.7 Å². The molecule has 236 valence electrons. The van der Waals surface area contributed by atoms with E-state index in [0.29, 0.717) is 24.3 Å². The molecule has 4 rings (SSSR count). The van der Waals surface area contributed by atoms with E-state index < -0.39 is 23.8 Å². The number of hydrogen-bond donors (Lipinski definition) is 4. The van der Waals surface area contributed by atoms with E-state index in [0.717, 1.165) is 49.7 Å². The summed E-state index contributed by atoms with van der Waals surface area (Å²) in [5.74, 6) is -5.52. The Morgan fingerprint density at radius 2 is 1.45 bits per heavy atom. The molecule has 0 aromatic heterocycles. The highest BCUT2D eigenvalue weighted by atomic mass is 16.8. The molecule has 0 fully saturated rings. The number of ether oxygens (including phenoxy) is 3. The predicted octanol–water partition coefficient (Wildman–Crippen LogP) is 5.64. The second-order valence-electron chi connectivity index (χ2n) is 11.4. The molecule has 0 amide bonds. The number of aliphatic hydroxyl groups is 1. The Labute approximate surface area is 258 Å². The number of hydrogen-bond acceptors (Lipinski definition) is 7. The molecule has 9 nitrogen and oxygen atoms in total. The van der Waals surface area contributed by atoms with Crippen LogP contribution in [0.15, 0.2) is 60.7 Å². The van der Waals surface area contributed by atoms with Gasteiger partial charge in [-0.25, -0.2) is 9.59 Å². The van der Waals surface area contributed by atoms with Gasteiger partial charge in [-0.3, -0.25) is 0 Å². The predicted molar refractivity (Wildman–Crippen MR) is 167 cm³/mol. The first-order chi connectivity index (χ1) is 21.2. The number of fused-ring (bicyclic) bond motifs is 1. The number of carboxylic acid groups (broad SMARTS) is 2. The fraction of sp³-hybridized carbons (Fsp3) is 0.429. The summed E-state index contributed by atoms with van der Waals surface area (Å²) in [4.78, 5) is 23.9. The molecular weight excluding hydrogens is 562 g/mol. The lowest BCUT2D eigenvalue weighted by molar-refractivity contribution is -0.194. The molecular formula is C35H43NO8. The van der Waals surface area contributed by atoms with E-state index in [9.17, 15) is 24.9 Å². The summed E-state index contributed by atoms with van der Waals surface area (Å²) in [5.41, 5.74) is 4.59. The van der Waals surface area contributed by atoms with Gasteiger partial charge in [-0.1, -0.05) is 69.2 Å². The summed E-state index contributed by atoms with van der Waals surface area (Å²) in [7, 11) is 0. The van der Waals surface area contributed by atoms with Crippen molar-refractivity contribution in [2.24, 2.45) is 0 Å². The van der Waals surface area contributed by atoms with E-state index >= 15 is 0 Å². The van der Waals surface area contributed by atoms with Crippen LogP contribution in [0.2, 0.25) is 0 Å². The number of aryl methyl sites for hydroxylation is 2. The highest BCUT2D eigenvalue weighted by molar-refractivity contribution is 6.02. The Balaban J connectivity index is 1.46. The zero-order valence-corrected chi connectivity index (χ0v) is 25.7. The minimum Gasteiger partial charge on any atom is -0.491 e. The number of aliphatic carboxylic acids is 2. The smallest absolute Gasteiger partial charge is 0.453 e. The third-order valence-electron chi connectivity index (χ3n) is 7.74. The van der Waals surface area contributed by atoms with Crippen LogP contribution in [0, 0.1) is 0 Å². The van der Waals surface area contributed by atoms with Crippen LogP contribution in [0.25, 0.3) is 11.1 Å². The van der Waals surface area contributed by atoms with Crippen molar-refractivity contribution in [2.45, 2.75) is 83.6 Å². The molecule has 0 bridgehead atoms. The molecule has 1 aliphatic rings. The summed E-state index contributed by atoms with van der Waals surface area (Å²) < 4.78 is 16.8. The van der Waals surface area contributed by atoms with Crippen molar-refractivity contribution >= 4 is 11.9 Å². The summed E-state index contributed by atoms with van der Waals surface area (Å²) in [6, 6.07) is 19.1. The highest BCUT2D eigenvalue weighted by Gasteiger charge is 2.58. The van der Waals surface area contributed by atoms with Gasteiger partial charge in [0.05, 0.1) is 0 Å². The van der Waals surface area contributed by atoms with E-state index in [1.54, 1.807) is 12.1 Å². The van der Waals surface area contributed by atoms with Gasteiger partial charge in [-0.2, -0.15) is 0 Å². The first kappa shape index (κ1) is 32.8. The first-order valence-electron chi connectivity index (χ1n) is 15.4. The van der Waals surface area contributed by atoms with Gasteiger partial charge in [0.1, 0.15) is 18.5 Å². The van der Waals surface area contributed by atoms with E-state index in [1.807, 2.05) is 43.3 Å². The van der Waals surface area contributed by atoms with Crippen molar-refractivity contribution in [3.8, 4) is 28.4 Å². The lowest BCUT2D eigenvalue weighted by Gasteiger charge is -2.20. The number of carbonyl (C=O) groups is 2. The number of rotatable bonds is 17. The third kappa shape index (κ3) is 7.89. The molecule has 2 unspecified atom stereocenters. The standard InChI is InChI=1S/C35H43NO8/c1-4-6-8-24-10-14-26(15-11-24)31-27(16-19-30-32(31)44-35(43-30,33(38)39)34(40)41)20-23(3)36-21-28(37)22-42-29-17-12-25(13-18-29)9-7-5-2/h10-19,23,28,36-37H,4-9,20-22H2,1-3H3,(H,38,39)(H,40,41). The maximum absolute atomic E-state index is 12.0. The monoisotopic (exact) mass is 605 g/mol. The fourth-order valence-electron chi connectivity index (χ4n) is 5.20. The van der Waals surface area contributed by atoms with Gasteiger partial charge in [0.25, 0.3) is 0 Å². The van der Waals surface area contributed by atoms with Crippen LogP contribution < -0.4 is 19.5 Å². The topological polar surface area (TPSA) is 135 Å². The lowest BCUT2D eigenvalue weighted by atomic mass is 9.93. The third-order valence-corrected chi connectivity index (χ3v) is 7.74. The van der Waals surface area contributed by atoms with E-state index in [1.165, 1.54) is 11.1 Å². The maximum Gasteiger partial charge on any atom is 0.453 e. The minimum absolute atomic E-state index is 0.0511. The number of unbranched alkanes of at least 4 members (excludes halogenated alkanes) is 2. The van der Waals surface area contributed by atoms with Crippen molar-refractivity contribution in [3.63, 3.8) is 0 Å². The average Bonchev–Trinajstić information content (AvgIpc) is 3.43. The summed E-state index contributed by atoms with van der Waals surface area (Å²) >= 11 is 0. The van der Waals surface area contributed by atoms with Crippen molar-refractivity contribution in [1.29, 1.82) is 0 Å². The normalized spacial score (nSPS) is 14.6. The van der Waals surface area contributed by atoms with Gasteiger partial charge in [0.2, 0.25) is 0 Å². The SMILES string of the molecule is CCCCc1ccc(OCC(O)CNC(C)Cc2ccc3c(c2-c2ccc(CCCC)cc2)OC(C(=O)O)(C(=O)O)O3)cc1.